The summed E-state index contributed by atoms with van der Waals surface area (Å²) in [5, 5.41) is 23.3. The summed E-state index contributed by atoms with van der Waals surface area (Å²) in [4.78, 5) is 4.13. The van der Waals surface area contributed by atoms with E-state index in [9.17, 15) is 5.11 Å². The molecular formula is C16H12N4O. The number of benzene rings is 1. The Kier molecular flexibility index (Phi) is 3.13. The van der Waals surface area contributed by atoms with E-state index in [4.69, 9.17) is 5.26 Å². The number of pyridine rings is 1. The van der Waals surface area contributed by atoms with Gasteiger partial charge in [-0.1, -0.05) is 29.8 Å². The number of nitrogens with zero attached hydrogens (tertiary/aromatic N) is 4. The van der Waals surface area contributed by atoms with E-state index in [0.29, 0.717) is 17.1 Å². The van der Waals surface area contributed by atoms with Crippen molar-refractivity contribution in [2.24, 2.45) is 0 Å². The maximum absolute atomic E-state index is 10.0. The molecule has 3 aromatic rings. The highest BCUT2D eigenvalue weighted by atomic mass is 16.3. The zero-order chi connectivity index (χ0) is 14.8. The second kappa shape index (κ2) is 5.10. The molecular weight excluding hydrogens is 264 g/mol. The van der Waals surface area contributed by atoms with Crippen LogP contribution >= 0.6 is 0 Å². The van der Waals surface area contributed by atoms with Crippen LogP contribution in [0.15, 0.2) is 48.7 Å². The predicted octanol–water partition coefficient (Wildman–Crippen LogP) is 2.82. The lowest BCUT2D eigenvalue weighted by molar-refractivity contribution is 0.432. The number of aromatic hydroxyl groups is 1. The first-order valence-electron chi connectivity index (χ1n) is 6.40. The molecule has 0 aliphatic rings. The first-order valence-corrected chi connectivity index (χ1v) is 6.40. The molecule has 21 heavy (non-hydrogen) atoms. The monoisotopic (exact) mass is 276 g/mol. The van der Waals surface area contributed by atoms with Gasteiger partial charge < -0.3 is 5.11 Å². The van der Waals surface area contributed by atoms with Gasteiger partial charge in [0.15, 0.2) is 5.82 Å². The van der Waals surface area contributed by atoms with E-state index in [1.165, 1.54) is 10.9 Å². The van der Waals surface area contributed by atoms with Gasteiger partial charge in [-0.2, -0.15) is 15.0 Å². The standard InChI is InChI=1S/C16H12N4O/c1-11-2-4-13(5-3-11)14-9-16(21)20(19-14)15-8-12(10-17)6-7-18-15/h2-9,21H,1H3. The fourth-order valence-electron chi connectivity index (χ4n) is 2.01. The molecule has 2 heterocycles. The Bertz CT molecular complexity index is 828. The van der Waals surface area contributed by atoms with Gasteiger partial charge in [-0.3, -0.25) is 0 Å². The fraction of sp³-hybridized carbons (Fsp3) is 0.0625. The molecule has 102 valence electrons. The van der Waals surface area contributed by atoms with E-state index >= 15 is 0 Å². The quantitative estimate of drug-likeness (QED) is 0.781. The number of aromatic nitrogens is 3. The van der Waals surface area contributed by atoms with Crippen molar-refractivity contribution in [2.45, 2.75) is 6.92 Å². The molecule has 0 spiro atoms. The van der Waals surface area contributed by atoms with Crippen LogP contribution in [0.4, 0.5) is 0 Å². The SMILES string of the molecule is Cc1ccc(-c2cc(O)n(-c3cc(C#N)ccn3)n2)cc1. The lowest BCUT2D eigenvalue weighted by atomic mass is 10.1. The molecule has 1 N–H and O–H groups in total. The molecule has 0 radical (unpaired) electrons. The summed E-state index contributed by atoms with van der Waals surface area (Å²) in [6, 6.07) is 14.7. The van der Waals surface area contributed by atoms with Crippen LogP contribution in [0, 0.1) is 18.3 Å². The Morgan fingerprint density at radius 2 is 1.90 bits per heavy atom. The molecule has 1 aromatic carbocycles. The summed E-state index contributed by atoms with van der Waals surface area (Å²) in [5.41, 5.74) is 3.18. The number of rotatable bonds is 2. The zero-order valence-electron chi connectivity index (χ0n) is 11.4. The van der Waals surface area contributed by atoms with Crippen molar-refractivity contribution in [3.05, 3.63) is 59.8 Å². The van der Waals surface area contributed by atoms with Crippen molar-refractivity contribution >= 4 is 0 Å². The van der Waals surface area contributed by atoms with Crippen LogP contribution in [0.25, 0.3) is 17.1 Å². The number of hydrogen-bond donors (Lipinski definition) is 1. The van der Waals surface area contributed by atoms with E-state index in [1.54, 1.807) is 18.2 Å². The summed E-state index contributed by atoms with van der Waals surface area (Å²) >= 11 is 0. The minimum Gasteiger partial charge on any atom is -0.493 e. The molecule has 0 saturated heterocycles. The van der Waals surface area contributed by atoms with E-state index in [2.05, 4.69) is 10.1 Å². The second-order valence-corrected chi connectivity index (χ2v) is 4.68. The number of hydrogen-bond acceptors (Lipinski definition) is 4. The summed E-state index contributed by atoms with van der Waals surface area (Å²) in [6.45, 7) is 2.01. The molecule has 2 aromatic heterocycles. The van der Waals surface area contributed by atoms with Gasteiger partial charge in [0.2, 0.25) is 5.88 Å². The lowest BCUT2D eigenvalue weighted by Crippen LogP contribution is -1.99. The Labute approximate surface area is 121 Å². The van der Waals surface area contributed by atoms with Gasteiger partial charge in [0.1, 0.15) is 0 Å². The minimum atomic E-state index is -0.0202. The topological polar surface area (TPSA) is 74.7 Å². The third-order valence-corrected chi connectivity index (χ3v) is 3.13. The van der Waals surface area contributed by atoms with Crippen molar-refractivity contribution < 1.29 is 5.11 Å². The predicted molar refractivity (Wildman–Crippen MR) is 77.9 cm³/mol. The van der Waals surface area contributed by atoms with Crippen molar-refractivity contribution in [3.63, 3.8) is 0 Å². The van der Waals surface area contributed by atoms with Crippen LogP contribution in [-0.4, -0.2) is 19.9 Å². The fourth-order valence-corrected chi connectivity index (χ4v) is 2.01. The molecule has 0 amide bonds. The molecule has 0 saturated carbocycles. The molecule has 0 bridgehead atoms. The Morgan fingerprint density at radius 1 is 1.14 bits per heavy atom. The second-order valence-electron chi connectivity index (χ2n) is 4.68. The van der Waals surface area contributed by atoms with Crippen LogP contribution in [0.2, 0.25) is 0 Å². The van der Waals surface area contributed by atoms with Crippen LogP contribution in [0.5, 0.6) is 5.88 Å². The van der Waals surface area contributed by atoms with Gasteiger partial charge in [-0.05, 0) is 13.0 Å². The Hall–Kier alpha value is -3.13. The zero-order valence-corrected chi connectivity index (χ0v) is 11.4. The first-order chi connectivity index (χ1) is 10.2. The Balaban J connectivity index is 2.05. The molecule has 0 aliphatic heterocycles. The van der Waals surface area contributed by atoms with Gasteiger partial charge in [0.25, 0.3) is 0 Å². The molecule has 0 fully saturated rings. The summed E-state index contributed by atoms with van der Waals surface area (Å²) in [7, 11) is 0. The van der Waals surface area contributed by atoms with Gasteiger partial charge in [0.05, 0.1) is 17.3 Å². The largest absolute Gasteiger partial charge is 0.493 e. The summed E-state index contributed by atoms with van der Waals surface area (Å²) in [6.07, 6.45) is 1.51. The van der Waals surface area contributed by atoms with E-state index in [0.717, 1.165) is 11.1 Å². The van der Waals surface area contributed by atoms with E-state index in [-0.39, 0.29) is 5.88 Å². The normalized spacial score (nSPS) is 10.3. The molecule has 0 unspecified atom stereocenters. The highest BCUT2D eigenvalue weighted by molar-refractivity contribution is 5.61. The average molecular weight is 276 g/mol. The molecule has 5 heteroatoms. The molecule has 0 atom stereocenters. The van der Waals surface area contributed by atoms with Crippen molar-refractivity contribution in [3.8, 4) is 29.0 Å². The van der Waals surface area contributed by atoms with Gasteiger partial charge >= 0.3 is 0 Å². The summed E-state index contributed by atoms with van der Waals surface area (Å²) in [5.74, 6) is 0.387. The van der Waals surface area contributed by atoms with Crippen LogP contribution < -0.4 is 0 Å². The third-order valence-electron chi connectivity index (χ3n) is 3.13. The molecule has 5 nitrogen and oxygen atoms in total. The minimum absolute atomic E-state index is 0.0202. The number of aryl methyl sites for hydroxylation is 1. The first kappa shape index (κ1) is 12.9. The van der Waals surface area contributed by atoms with E-state index < -0.39 is 0 Å². The third kappa shape index (κ3) is 2.47. The van der Waals surface area contributed by atoms with Gasteiger partial charge in [0, 0.05) is 23.9 Å². The highest BCUT2D eigenvalue weighted by Crippen LogP contribution is 2.25. The van der Waals surface area contributed by atoms with Crippen LogP contribution in [0.1, 0.15) is 11.1 Å². The highest BCUT2D eigenvalue weighted by Gasteiger charge is 2.11. The van der Waals surface area contributed by atoms with E-state index in [1.807, 2.05) is 37.3 Å². The van der Waals surface area contributed by atoms with Crippen LogP contribution in [0.3, 0.4) is 0 Å². The summed E-state index contributed by atoms with van der Waals surface area (Å²) < 4.78 is 1.32. The van der Waals surface area contributed by atoms with Crippen molar-refractivity contribution in [1.29, 1.82) is 5.26 Å². The average Bonchev–Trinajstić information content (AvgIpc) is 2.90. The van der Waals surface area contributed by atoms with Crippen molar-refractivity contribution in [2.75, 3.05) is 0 Å². The molecule has 0 aliphatic carbocycles. The lowest BCUT2D eigenvalue weighted by Gasteiger charge is -2.01. The smallest absolute Gasteiger partial charge is 0.216 e. The maximum Gasteiger partial charge on any atom is 0.216 e. The Morgan fingerprint density at radius 3 is 2.62 bits per heavy atom. The maximum atomic E-state index is 10.0. The van der Waals surface area contributed by atoms with Crippen LogP contribution in [-0.2, 0) is 0 Å². The van der Waals surface area contributed by atoms with Crippen molar-refractivity contribution in [1.82, 2.24) is 14.8 Å². The van der Waals surface area contributed by atoms with Gasteiger partial charge in [-0.15, -0.1) is 0 Å². The number of nitriles is 1. The molecule has 3 rings (SSSR count). The van der Waals surface area contributed by atoms with Gasteiger partial charge in [-0.25, -0.2) is 4.98 Å².